The van der Waals surface area contributed by atoms with Crippen molar-refractivity contribution in [2.24, 2.45) is 0 Å². The Labute approximate surface area is 144 Å². The molecule has 0 saturated heterocycles. The zero-order valence-corrected chi connectivity index (χ0v) is 14.3. The first-order chi connectivity index (χ1) is 9.45. The maximum absolute atomic E-state index is 11.9. The first-order valence-electron chi connectivity index (χ1n) is 5.44. The molecule has 2 aromatic carbocycles. The molecule has 0 unspecified atom stereocenters. The van der Waals surface area contributed by atoms with Gasteiger partial charge in [-0.05, 0) is 59.0 Å². The maximum Gasteiger partial charge on any atom is 0.323 e. The largest absolute Gasteiger partial charge is 0.323 e. The zero-order valence-electron chi connectivity index (χ0n) is 9.88. The minimum Gasteiger partial charge on any atom is -0.308 e. The van der Waals surface area contributed by atoms with Gasteiger partial charge in [0.1, 0.15) is 0 Å². The number of halogens is 4. The second-order valence-electron chi connectivity index (χ2n) is 3.83. The summed E-state index contributed by atoms with van der Waals surface area (Å²) in [6.45, 7) is 0. The van der Waals surface area contributed by atoms with Gasteiger partial charge < -0.3 is 10.6 Å². The Morgan fingerprint density at radius 3 is 2.30 bits per heavy atom. The van der Waals surface area contributed by atoms with Gasteiger partial charge in [-0.1, -0.05) is 34.8 Å². The Kier molecular flexibility index (Phi) is 5.37. The third-order valence-electron chi connectivity index (χ3n) is 2.36. The highest BCUT2D eigenvalue weighted by Gasteiger charge is 2.07. The van der Waals surface area contributed by atoms with Crippen LogP contribution >= 0.6 is 57.4 Å². The molecule has 20 heavy (non-hydrogen) atoms. The fourth-order valence-electron chi connectivity index (χ4n) is 1.45. The van der Waals surface area contributed by atoms with E-state index in [1.54, 1.807) is 30.3 Å². The van der Waals surface area contributed by atoms with E-state index in [2.05, 4.69) is 33.2 Å². The molecule has 0 bridgehead atoms. The number of amides is 2. The van der Waals surface area contributed by atoms with Crippen LogP contribution in [0.25, 0.3) is 0 Å². The van der Waals surface area contributed by atoms with Crippen LogP contribution in [0.3, 0.4) is 0 Å². The van der Waals surface area contributed by atoms with Crippen LogP contribution in [-0.2, 0) is 0 Å². The number of urea groups is 1. The van der Waals surface area contributed by atoms with Gasteiger partial charge in [0.05, 0.1) is 20.8 Å². The van der Waals surface area contributed by atoms with E-state index < -0.39 is 6.03 Å². The van der Waals surface area contributed by atoms with Crippen LogP contribution in [0.2, 0.25) is 15.1 Å². The summed E-state index contributed by atoms with van der Waals surface area (Å²) < 4.78 is 0.989. The molecule has 104 valence electrons. The third-order valence-corrected chi connectivity index (χ3v) is 4.08. The van der Waals surface area contributed by atoms with E-state index in [-0.39, 0.29) is 0 Å². The lowest BCUT2D eigenvalue weighted by atomic mass is 10.3. The second kappa shape index (κ2) is 6.85. The topological polar surface area (TPSA) is 41.1 Å². The van der Waals surface area contributed by atoms with Gasteiger partial charge in [-0.15, -0.1) is 0 Å². The first kappa shape index (κ1) is 15.7. The van der Waals surface area contributed by atoms with Crippen molar-refractivity contribution < 1.29 is 4.79 Å². The van der Waals surface area contributed by atoms with Crippen molar-refractivity contribution in [1.29, 1.82) is 0 Å². The number of anilines is 2. The predicted molar refractivity (Wildman–Crippen MR) is 93.3 cm³/mol. The highest BCUT2D eigenvalue weighted by atomic mass is 127. The van der Waals surface area contributed by atoms with E-state index in [9.17, 15) is 4.79 Å². The molecule has 0 aliphatic rings. The van der Waals surface area contributed by atoms with E-state index in [4.69, 9.17) is 34.8 Å². The van der Waals surface area contributed by atoms with Gasteiger partial charge in [0.25, 0.3) is 0 Å². The van der Waals surface area contributed by atoms with Crippen molar-refractivity contribution in [3.63, 3.8) is 0 Å². The van der Waals surface area contributed by atoms with Gasteiger partial charge >= 0.3 is 6.03 Å². The van der Waals surface area contributed by atoms with E-state index in [1.165, 1.54) is 0 Å². The summed E-state index contributed by atoms with van der Waals surface area (Å²) in [5, 5.41) is 6.58. The Morgan fingerprint density at radius 1 is 0.900 bits per heavy atom. The van der Waals surface area contributed by atoms with Crippen LogP contribution in [0, 0.1) is 3.57 Å². The Bertz CT molecular complexity index is 664. The molecule has 0 aliphatic heterocycles. The van der Waals surface area contributed by atoms with Crippen LogP contribution < -0.4 is 10.6 Å². The molecule has 2 amide bonds. The summed E-state index contributed by atoms with van der Waals surface area (Å²) in [6.07, 6.45) is 0. The van der Waals surface area contributed by atoms with Crippen molar-refractivity contribution in [2.75, 3.05) is 10.6 Å². The Balaban J connectivity index is 2.07. The SMILES string of the molecule is O=C(Nc1ccc(Cl)c(Cl)c1)Nc1ccc(I)cc1Cl. The minimum atomic E-state index is -0.411. The molecule has 0 aliphatic carbocycles. The molecular formula is C13H8Cl3IN2O. The minimum absolute atomic E-state index is 0.372. The molecule has 0 atom stereocenters. The first-order valence-corrected chi connectivity index (χ1v) is 7.65. The second-order valence-corrected chi connectivity index (χ2v) is 6.30. The van der Waals surface area contributed by atoms with Gasteiger partial charge in [0.2, 0.25) is 0 Å². The highest BCUT2D eigenvalue weighted by Crippen LogP contribution is 2.26. The van der Waals surface area contributed by atoms with E-state index >= 15 is 0 Å². The zero-order chi connectivity index (χ0) is 14.7. The summed E-state index contributed by atoms with van der Waals surface area (Å²) in [5.74, 6) is 0. The smallest absolute Gasteiger partial charge is 0.308 e. The van der Waals surface area contributed by atoms with Crippen molar-refractivity contribution in [2.45, 2.75) is 0 Å². The third kappa shape index (κ3) is 4.15. The monoisotopic (exact) mass is 440 g/mol. The standard InChI is InChI=1S/C13H8Cl3IN2O/c14-9-3-2-8(6-10(9)15)18-13(20)19-12-4-1-7(17)5-11(12)16/h1-6H,(H2,18,19,20). The van der Waals surface area contributed by atoms with Crippen molar-refractivity contribution in [1.82, 2.24) is 0 Å². The van der Waals surface area contributed by atoms with Crippen molar-refractivity contribution in [3.8, 4) is 0 Å². The number of benzene rings is 2. The quantitative estimate of drug-likeness (QED) is 0.560. The van der Waals surface area contributed by atoms with Gasteiger partial charge in [-0.2, -0.15) is 0 Å². The van der Waals surface area contributed by atoms with Crippen LogP contribution in [0.1, 0.15) is 0 Å². The average Bonchev–Trinajstić information content (AvgIpc) is 2.37. The van der Waals surface area contributed by atoms with Gasteiger partial charge in [-0.3, -0.25) is 0 Å². The number of nitrogens with one attached hydrogen (secondary N) is 2. The molecule has 7 heteroatoms. The molecule has 0 heterocycles. The summed E-state index contributed by atoms with van der Waals surface area (Å²) in [7, 11) is 0. The van der Waals surface area contributed by atoms with Gasteiger partial charge in [-0.25, -0.2) is 4.79 Å². The fourth-order valence-corrected chi connectivity index (χ4v) is 2.65. The van der Waals surface area contributed by atoms with Crippen molar-refractivity contribution >= 4 is 74.8 Å². The van der Waals surface area contributed by atoms with E-state index in [1.807, 2.05) is 6.07 Å². The fraction of sp³-hybridized carbons (Fsp3) is 0. The van der Waals surface area contributed by atoms with E-state index in [0.717, 1.165) is 3.57 Å². The summed E-state index contributed by atoms with van der Waals surface area (Å²) >= 11 is 19.9. The van der Waals surface area contributed by atoms with Gasteiger partial charge in [0.15, 0.2) is 0 Å². The van der Waals surface area contributed by atoms with Gasteiger partial charge in [0, 0.05) is 9.26 Å². The molecule has 2 rings (SSSR count). The highest BCUT2D eigenvalue weighted by molar-refractivity contribution is 14.1. The number of carbonyl (C=O) groups is 1. The summed E-state index contributed by atoms with van der Waals surface area (Å²) in [5.41, 5.74) is 1.07. The lowest BCUT2D eigenvalue weighted by Crippen LogP contribution is -2.19. The number of carbonyl (C=O) groups excluding carboxylic acids is 1. The van der Waals surface area contributed by atoms with Crippen LogP contribution in [0.4, 0.5) is 16.2 Å². The molecule has 0 radical (unpaired) electrons. The normalized spacial score (nSPS) is 10.2. The number of hydrogen-bond acceptors (Lipinski definition) is 1. The Hall–Kier alpha value is -0.690. The van der Waals surface area contributed by atoms with Crippen LogP contribution in [0.15, 0.2) is 36.4 Å². The summed E-state index contributed by atoms with van der Waals surface area (Å²) in [6, 6.07) is 9.77. The average molecular weight is 441 g/mol. The predicted octanol–water partition coefficient (Wildman–Crippen LogP) is 5.90. The van der Waals surface area contributed by atoms with Crippen LogP contribution in [-0.4, -0.2) is 6.03 Å². The molecule has 0 saturated carbocycles. The Morgan fingerprint density at radius 2 is 1.65 bits per heavy atom. The number of hydrogen-bond donors (Lipinski definition) is 2. The molecule has 0 aromatic heterocycles. The summed E-state index contributed by atoms with van der Waals surface area (Å²) in [4.78, 5) is 11.9. The molecule has 3 nitrogen and oxygen atoms in total. The lowest BCUT2D eigenvalue weighted by Gasteiger charge is -2.09. The molecule has 0 spiro atoms. The number of rotatable bonds is 2. The molecule has 2 N–H and O–H groups in total. The van der Waals surface area contributed by atoms with Crippen LogP contribution in [0.5, 0.6) is 0 Å². The van der Waals surface area contributed by atoms with E-state index in [0.29, 0.717) is 26.4 Å². The molecular weight excluding hydrogens is 433 g/mol. The van der Waals surface area contributed by atoms with Crippen molar-refractivity contribution in [3.05, 3.63) is 55.0 Å². The lowest BCUT2D eigenvalue weighted by molar-refractivity contribution is 0.262. The maximum atomic E-state index is 11.9. The molecule has 0 fully saturated rings. The molecule has 2 aromatic rings.